The van der Waals surface area contributed by atoms with Crippen LogP contribution in [0.25, 0.3) is 6.08 Å². The average molecular weight is 365 g/mol. The van der Waals surface area contributed by atoms with Gasteiger partial charge in [-0.15, -0.1) is 5.06 Å². The van der Waals surface area contributed by atoms with Gasteiger partial charge >= 0.3 is 0 Å². The van der Waals surface area contributed by atoms with Crippen LogP contribution in [0.15, 0.2) is 73.2 Å². The summed E-state index contributed by atoms with van der Waals surface area (Å²) < 4.78 is 5.77. The lowest BCUT2D eigenvalue weighted by Crippen LogP contribution is -2.38. The van der Waals surface area contributed by atoms with Gasteiger partial charge in [-0.2, -0.15) is 4.99 Å². The van der Waals surface area contributed by atoms with Gasteiger partial charge in [-0.25, -0.2) is 0 Å². The van der Waals surface area contributed by atoms with Crippen molar-refractivity contribution in [1.82, 2.24) is 5.06 Å². The molecule has 0 radical (unpaired) electrons. The quantitative estimate of drug-likeness (QED) is 0.825. The Morgan fingerprint density at radius 3 is 2.69 bits per heavy atom. The van der Waals surface area contributed by atoms with Crippen molar-refractivity contribution in [3.63, 3.8) is 0 Å². The number of hydroxylamine groups is 2. The van der Waals surface area contributed by atoms with Gasteiger partial charge in [0, 0.05) is 11.0 Å². The molecule has 7 heteroatoms. The number of hydrogen-bond donors (Lipinski definition) is 1. The van der Waals surface area contributed by atoms with E-state index in [1.165, 1.54) is 28.5 Å². The van der Waals surface area contributed by atoms with E-state index < -0.39 is 5.91 Å². The Balaban J connectivity index is 1.56. The summed E-state index contributed by atoms with van der Waals surface area (Å²) in [5.74, 6) is 0.842. The highest BCUT2D eigenvalue weighted by molar-refractivity contribution is 7.99. The number of nitrogens with zero attached hydrogens (tertiary/aromatic N) is 2. The lowest BCUT2D eigenvalue weighted by atomic mass is 10.1. The molecule has 6 nitrogen and oxygen atoms in total. The Morgan fingerprint density at radius 2 is 1.92 bits per heavy atom. The monoisotopic (exact) mass is 365 g/mol. The molecule has 0 bridgehead atoms. The molecule has 130 valence electrons. The highest BCUT2D eigenvalue weighted by atomic mass is 32.2. The van der Waals surface area contributed by atoms with Gasteiger partial charge in [-0.1, -0.05) is 29.5 Å². The topological polar surface area (TPSA) is 78.9 Å². The predicted octanol–water partition coefficient (Wildman–Crippen LogP) is 4.19. The number of hydrogen-bond acceptors (Lipinski definition) is 5. The standard InChI is InChI=1S/C19H15N3O3S/c1-11-3-6-14(7-4-11)26-17-8-5-13(24-17)10-15-18(20)22-16(21-19(15)23)9-12(2)25-22/h3-10,20H,1-2H3/b15-10-,20-18?. The minimum atomic E-state index is -0.486. The maximum atomic E-state index is 12.2. The molecule has 0 fully saturated rings. The van der Waals surface area contributed by atoms with Gasteiger partial charge in [0.15, 0.2) is 16.8 Å². The molecule has 0 aliphatic carbocycles. The molecule has 0 unspecified atom stereocenters. The molecule has 26 heavy (non-hydrogen) atoms. The van der Waals surface area contributed by atoms with Crippen molar-refractivity contribution in [3.05, 3.63) is 65.1 Å². The van der Waals surface area contributed by atoms with Gasteiger partial charge in [-0.05, 0) is 44.2 Å². The number of carbonyl (C=O) groups is 1. The summed E-state index contributed by atoms with van der Waals surface area (Å²) in [5, 5.41) is 10.1. The molecule has 1 aromatic heterocycles. The number of rotatable bonds is 3. The molecule has 2 aliphatic rings. The first kappa shape index (κ1) is 16.4. The predicted molar refractivity (Wildman–Crippen MR) is 98.8 cm³/mol. The number of amidine groups is 2. The van der Waals surface area contributed by atoms with Crippen LogP contribution in [0.2, 0.25) is 0 Å². The largest absolute Gasteiger partial charge is 0.450 e. The molecule has 4 rings (SSSR count). The molecule has 1 aromatic carbocycles. The van der Waals surface area contributed by atoms with Crippen molar-refractivity contribution in [1.29, 1.82) is 5.41 Å². The van der Waals surface area contributed by atoms with E-state index in [9.17, 15) is 4.79 Å². The van der Waals surface area contributed by atoms with Crippen molar-refractivity contribution >= 4 is 35.4 Å². The molecule has 3 heterocycles. The zero-order chi connectivity index (χ0) is 18.3. The fourth-order valence-corrected chi connectivity index (χ4v) is 3.31. The SMILES string of the molecule is CC1=CC2=NC(=O)/C(=C\c3ccc(Sc4ccc(C)cc4)o3)C(=N)N2O1. The summed E-state index contributed by atoms with van der Waals surface area (Å²) in [4.78, 5) is 22.6. The van der Waals surface area contributed by atoms with Crippen LogP contribution in [0.1, 0.15) is 18.2 Å². The minimum Gasteiger partial charge on any atom is -0.450 e. The Kier molecular flexibility index (Phi) is 4.00. The van der Waals surface area contributed by atoms with Gasteiger partial charge in [0.25, 0.3) is 5.91 Å². The second kappa shape index (κ2) is 6.34. The number of carbonyl (C=O) groups excluding carboxylic acids is 1. The van der Waals surface area contributed by atoms with E-state index in [0.29, 0.717) is 22.4 Å². The van der Waals surface area contributed by atoms with Gasteiger partial charge in [0.05, 0.1) is 5.57 Å². The lowest BCUT2D eigenvalue weighted by Gasteiger charge is -2.22. The van der Waals surface area contributed by atoms with E-state index in [2.05, 4.69) is 4.99 Å². The van der Waals surface area contributed by atoms with Gasteiger partial charge < -0.3 is 9.25 Å². The fraction of sp³-hybridized carbons (Fsp3) is 0.105. The van der Waals surface area contributed by atoms with Crippen molar-refractivity contribution in [2.24, 2.45) is 4.99 Å². The second-order valence-corrected chi connectivity index (χ2v) is 6.97. The molecular formula is C19H15N3O3S. The average Bonchev–Trinajstić information content (AvgIpc) is 3.19. The van der Waals surface area contributed by atoms with Crippen LogP contribution < -0.4 is 0 Å². The molecular weight excluding hydrogens is 350 g/mol. The number of allylic oxidation sites excluding steroid dienone is 1. The molecule has 0 saturated heterocycles. The van der Waals surface area contributed by atoms with Gasteiger partial charge in [-0.3, -0.25) is 10.2 Å². The first-order chi connectivity index (χ1) is 12.5. The van der Waals surface area contributed by atoms with Crippen LogP contribution >= 0.6 is 11.8 Å². The third-order valence-electron chi connectivity index (χ3n) is 3.81. The van der Waals surface area contributed by atoms with Crippen molar-refractivity contribution in [2.45, 2.75) is 23.8 Å². The van der Waals surface area contributed by atoms with Crippen LogP contribution in [0, 0.1) is 12.3 Å². The van der Waals surface area contributed by atoms with E-state index in [0.717, 1.165) is 4.90 Å². The van der Waals surface area contributed by atoms with Gasteiger partial charge in [0.1, 0.15) is 11.5 Å². The van der Waals surface area contributed by atoms with E-state index >= 15 is 0 Å². The van der Waals surface area contributed by atoms with E-state index in [-0.39, 0.29) is 11.4 Å². The Morgan fingerprint density at radius 1 is 1.15 bits per heavy atom. The maximum absolute atomic E-state index is 12.2. The van der Waals surface area contributed by atoms with Crippen LogP contribution in [-0.2, 0) is 9.63 Å². The molecule has 0 spiro atoms. The highest BCUT2D eigenvalue weighted by Crippen LogP contribution is 2.31. The van der Waals surface area contributed by atoms with E-state index in [1.807, 2.05) is 37.3 Å². The van der Waals surface area contributed by atoms with Crippen molar-refractivity contribution in [3.8, 4) is 0 Å². The summed E-state index contributed by atoms with van der Waals surface area (Å²) in [6, 6.07) is 11.7. The molecule has 0 atom stereocenters. The fourth-order valence-electron chi connectivity index (χ4n) is 2.53. The summed E-state index contributed by atoms with van der Waals surface area (Å²) in [7, 11) is 0. The number of furan rings is 1. The summed E-state index contributed by atoms with van der Waals surface area (Å²) in [6.07, 6.45) is 3.13. The van der Waals surface area contributed by atoms with Crippen molar-refractivity contribution in [2.75, 3.05) is 0 Å². The Hall–Kier alpha value is -3.06. The van der Waals surface area contributed by atoms with Gasteiger partial charge in [0.2, 0.25) is 0 Å². The lowest BCUT2D eigenvalue weighted by molar-refractivity contribution is -0.114. The zero-order valence-corrected chi connectivity index (χ0v) is 15.0. The second-order valence-electron chi connectivity index (χ2n) is 5.89. The number of aliphatic imine (C=N–C) groups is 1. The minimum absolute atomic E-state index is 0.0581. The zero-order valence-electron chi connectivity index (χ0n) is 14.1. The molecule has 1 amide bonds. The third-order valence-corrected chi connectivity index (χ3v) is 4.74. The van der Waals surface area contributed by atoms with Crippen molar-refractivity contribution < 1.29 is 14.0 Å². The first-order valence-electron chi connectivity index (χ1n) is 7.94. The number of fused-ring (bicyclic) bond motifs is 1. The molecule has 0 saturated carbocycles. The van der Waals surface area contributed by atoms with Crippen LogP contribution in [0.4, 0.5) is 0 Å². The third kappa shape index (κ3) is 3.09. The maximum Gasteiger partial charge on any atom is 0.283 e. The summed E-state index contributed by atoms with van der Waals surface area (Å²) in [5.41, 5.74) is 1.32. The number of nitrogens with one attached hydrogen (secondary N) is 1. The van der Waals surface area contributed by atoms with E-state index in [4.69, 9.17) is 14.7 Å². The first-order valence-corrected chi connectivity index (χ1v) is 8.75. The molecule has 2 aliphatic heterocycles. The number of amides is 1. The number of aryl methyl sites for hydroxylation is 1. The normalized spacial score (nSPS) is 17.9. The molecule has 2 aromatic rings. The summed E-state index contributed by atoms with van der Waals surface area (Å²) in [6.45, 7) is 3.78. The smallest absolute Gasteiger partial charge is 0.283 e. The highest BCUT2D eigenvalue weighted by Gasteiger charge is 2.34. The van der Waals surface area contributed by atoms with Crippen LogP contribution in [0.5, 0.6) is 0 Å². The van der Waals surface area contributed by atoms with Crippen LogP contribution in [0.3, 0.4) is 0 Å². The van der Waals surface area contributed by atoms with E-state index in [1.54, 1.807) is 19.1 Å². The van der Waals surface area contributed by atoms with Crippen LogP contribution in [-0.4, -0.2) is 22.6 Å². The Labute approximate surface area is 154 Å². The number of benzene rings is 1. The Bertz CT molecular complexity index is 999. The summed E-state index contributed by atoms with van der Waals surface area (Å²) >= 11 is 1.49. The molecule has 1 N–H and O–H groups in total.